The Morgan fingerprint density at radius 1 is 1.30 bits per heavy atom. The number of benzene rings is 2. The summed E-state index contributed by atoms with van der Waals surface area (Å²) in [6, 6.07) is 11.1. The third-order valence-electron chi connectivity index (χ3n) is 3.42. The van der Waals surface area contributed by atoms with E-state index in [1.807, 2.05) is 24.3 Å². The maximum Gasteiger partial charge on any atom is 0.270 e. The average Bonchev–Trinajstić information content (AvgIpc) is 2.84. The Morgan fingerprint density at radius 3 is 2.74 bits per heavy atom. The van der Waals surface area contributed by atoms with Crippen LogP contribution in [-0.2, 0) is 7.05 Å². The number of rotatable bonds is 3. The van der Waals surface area contributed by atoms with Gasteiger partial charge in [-0.3, -0.25) is 20.2 Å². The highest BCUT2D eigenvalue weighted by Crippen LogP contribution is 2.24. The fourth-order valence-electron chi connectivity index (χ4n) is 2.23. The van der Waals surface area contributed by atoms with Gasteiger partial charge in [0.15, 0.2) is 0 Å². The smallest absolute Gasteiger partial charge is 0.270 e. The summed E-state index contributed by atoms with van der Waals surface area (Å²) in [5, 5.41) is 13.6. The third kappa shape index (κ3) is 2.74. The largest absolute Gasteiger partial charge is 0.313 e. The van der Waals surface area contributed by atoms with Crippen molar-refractivity contribution in [3.8, 4) is 0 Å². The molecule has 3 aromatic rings. The molecule has 0 saturated carbocycles. The van der Waals surface area contributed by atoms with E-state index in [9.17, 15) is 14.9 Å². The highest BCUT2D eigenvalue weighted by Gasteiger charge is 2.18. The fraction of sp³-hybridized carbons (Fsp3) is 0.0667. The summed E-state index contributed by atoms with van der Waals surface area (Å²) in [6.45, 7) is 0. The van der Waals surface area contributed by atoms with Crippen molar-refractivity contribution in [1.29, 1.82) is 0 Å². The van der Waals surface area contributed by atoms with Crippen LogP contribution in [0.4, 0.5) is 11.6 Å². The normalized spacial score (nSPS) is 10.7. The number of non-ortho nitro benzene ring substituents is 1. The molecule has 3 rings (SSSR count). The highest BCUT2D eigenvalue weighted by molar-refractivity contribution is 6.34. The van der Waals surface area contributed by atoms with Crippen LogP contribution >= 0.6 is 11.6 Å². The molecule has 0 saturated heterocycles. The van der Waals surface area contributed by atoms with E-state index in [2.05, 4.69) is 10.3 Å². The molecule has 0 aliphatic rings. The summed E-state index contributed by atoms with van der Waals surface area (Å²) in [7, 11) is 1.76. The quantitative estimate of drug-likeness (QED) is 0.588. The molecule has 0 aliphatic carbocycles. The van der Waals surface area contributed by atoms with Crippen LogP contribution in [0.5, 0.6) is 0 Å². The lowest BCUT2D eigenvalue weighted by Gasteiger charge is -2.06. The maximum atomic E-state index is 12.4. The van der Waals surface area contributed by atoms with Gasteiger partial charge in [0.05, 0.1) is 26.5 Å². The first-order valence-electron chi connectivity index (χ1n) is 6.64. The number of nitrogens with one attached hydrogen (secondary N) is 1. The van der Waals surface area contributed by atoms with E-state index in [4.69, 9.17) is 11.6 Å². The van der Waals surface area contributed by atoms with Gasteiger partial charge >= 0.3 is 0 Å². The molecular weight excluding hydrogens is 320 g/mol. The van der Waals surface area contributed by atoms with E-state index >= 15 is 0 Å². The number of nitro benzene ring substituents is 1. The Bertz CT molecular complexity index is 936. The lowest BCUT2D eigenvalue weighted by atomic mass is 10.2. The van der Waals surface area contributed by atoms with E-state index < -0.39 is 10.8 Å². The third-order valence-corrected chi connectivity index (χ3v) is 3.75. The summed E-state index contributed by atoms with van der Waals surface area (Å²) in [6.07, 6.45) is 0. The zero-order chi connectivity index (χ0) is 16.6. The minimum absolute atomic E-state index is 0.0212. The Kier molecular flexibility index (Phi) is 3.71. The number of amides is 1. The van der Waals surface area contributed by atoms with E-state index in [1.165, 1.54) is 12.1 Å². The maximum absolute atomic E-state index is 12.4. The van der Waals surface area contributed by atoms with Crippen molar-refractivity contribution in [2.45, 2.75) is 0 Å². The molecule has 7 nitrogen and oxygen atoms in total. The summed E-state index contributed by atoms with van der Waals surface area (Å²) in [5.74, 6) is -0.226. The number of nitro groups is 1. The first-order valence-corrected chi connectivity index (χ1v) is 7.02. The fourth-order valence-corrected chi connectivity index (χ4v) is 2.43. The number of carbonyl (C=O) groups is 1. The van der Waals surface area contributed by atoms with Gasteiger partial charge < -0.3 is 4.57 Å². The van der Waals surface area contributed by atoms with E-state index in [0.717, 1.165) is 17.1 Å². The first-order chi connectivity index (χ1) is 11.0. The lowest BCUT2D eigenvalue weighted by molar-refractivity contribution is -0.384. The SMILES string of the molecule is Cn1c(NC(=O)c2cc([N+](=O)[O-])ccc2Cl)nc2ccccc21. The number of anilines is 1. The van der Waals surface area contributed by atoms with Gasteiger partial charge in [0, 0.05) is 19.2 Å². The molecule has 1 heterocycles. The summed E-state index contributed by atoms with van der Waals surface area (Å²) in [4.78, 5) is 26.9. The van der Waals surface area contributed by atoms with E-state index in [1.54, 1.807) is 11.6 Å². The van der Waals surface area contributed by atoms with E-state index in [0.29, 0.717) is 5.95 Å². The Balaban J connectivity index is 1.96. The van der Waals surface area contributed by atoms with Crippen LogP contribution in [0, 0.1) is 10.1 Å². The second-order valence-electron chi connectivity index (χ2n) is 4.86. The van der Waals surface area contributed by atoms with Crippen molar-refractivity contribution in [3.05, 3.63) is 63.2 Å². The number of para-hydroxylation sites is 2. The number of hydrogen-bond acceptors (Lipinski definition) is 4. The van der Waals surface area contributed by atoms with Crippen LogP contribution in [-0.4, -0.2) is 20.4 Å². The number of aromatic nitrogens is 2. The number of carbonyl (C=O) groups excluding carboxylic acids is 1. The Hall–Kier alpha value is -2.93. The van der Waals surface area contributed by atoms with Gasteiger partial charge in [0.2, 0.25) is 5.95 Å². The van der Waals surface area contributed by atoms with Crippen LogP contribution in [0.3, 0.4) is 0 Å². The minimum atomic E-state index is -0.581. The molecule has 1 aromatic heterocycles. The van der Waals surface area contributed by atoms with Gasteiger partial charge in [-0.05, 0) is 18.2 Å². The number of fused-ring (bicyclic) bond motifs is 1. The number of aryl methyl sites for hydroxylation is 1. The van der Waals surface area contributed by atoms with Crippen molar-refractivity contribution in [2.24, 2.45) is 7.05 Å². The zero-order valence-corrected chi connectivity index (χ0v) is 12.7. The molecule has 0 bridgehead atoms. The topological polar surface area (TPSA) is 90.1 Å². The second-order valence-corrected chi connectivity index (χ2v) is 5.27. The molecule has 0 unspecified atom stereocenters. The molecule has 1 amide bonds. The molecule has 0 fully saturated rings. The molecule has 0 radical (unpaired) electrons. The van der Waals surface area contributed by atoms with Gasteiger partial charge in [-0.1, -0.05) is 23.7 Å². The molecule has 2 aromatic carbocycles. The van der Waals surface area contributed by atoms with Gasteiger partial charge in [0.25, 0.3) is 11.6 Å². The van der Waals surface area contributed by atoms with Gasteiger partial charge in [-0.15, -0.1) is 0 Å². The molecular formula is C15H11ClN4O3. The van der Waals surface area contributed by atoms with Crippen molar-refractivity contribution >= 4 is 40.2 Å². The predicted octanol–water partition coefficient (Wildman–Crippen LogP) is 3.39. The molecule has 23 heavy (non-hydrogen) atoms. The predicted molar refractivity (Wildman–Crippen MR) is 86.8 cm³/mol. The van der Waals surface area contributed by atoms with Crippen LogP contribution in [0.25, 0.3) is 11.0 Å². The van der Waals surface area contributed by atoms with Crippen molar-refractivity contribution in [1.82, 2.24) is 9.55 Å². The molecule has 0 spiro atoms. The van der Waals surface area contributed by atoms with Crippen molar-refractivity contribution in [2.75, 3.05) is 5.32 Å². The summed E-state index contributed by atoms with van der Waals surface area (Å²) < 4.78 is 1.72. The molecule has 8 heteroatoms. The van der Waals surface area contributed by atoms with E-state index in [-0.39, 0.29) is 16.3 Å². The van der Waals surface area contributed by atoms with Crippen molar-refractivity contribution in [3.63, 3.8) is 0 Å². The minimum Gasteiger partial charge on any atom is -0.313 e. The van der Waals surface area contributed by atoms with Gasteiger partial charge in [-0.2, -0.15) is 0 Å². The van der Waals surface area contributed by atoms with Crippen LogP contribution < -0.4 is 5.32 Å². The standard InChI is InChI=1S/C15H11ClN4O3/c1-19-13-5-3-2-4-12(13)17-15(19)18-14(21)10-8-9(20(22)23)6-7-11(10)16/h2-8H,1H3,(H,17,18,21). The van der Waals surface area contributed by atoms with Crippen LogP contribution in [0.15, 0.2) is 42.5 Å². The average molecular weight is 331 g/mol. The number of nitrogens with zero attached hydrogens (tertiary/aromatic N) is 3. The van der Waals surface area contributed by atoms with Gasteiger partial charge in [0.1, 0.15) is 0 Å². The number of hydrogen-bond donors (Lipinski definition) is 1. The zero-order valence-electron chi connectivity index (χ0n) is 12.0. The Labute approximate surface area is 135 Å². The number of halogens is 1. The molecule has 1 N–H and O–H groups in total. The molecule has 116 valence electrons. The van der Waals surface area contributed by atoms with Gasteiger partial charge in [-0.25, -0.2) is 4.98 Å². The second kappa shape index (κ2) is 5.69. The Morgan fingerprint density at radius 2 is 2.04 bits per heavy atom. The van der Waals surface area contributed by atoms with Crippen LogP contribution in [0.2, 0.25) is 5.02 Å². The first kappa shape index (κ1) is 15.0. The number of imidazole rings is 1. The highest BCUT2D eigenvalue weighted by atomic mass is 35.5. The molecule has 0 atom stereocenters. The monoisotopic (exact) mass is 330 g/mol. The lowest BCUT2D eigenvalue weighted by Crippen LogP contribution is -2.15. The summed E-state index contributed by atoms with van der Waals surface area (Å²) in [5.41, 5.74) is 1.40. The summed E-state index contributed by atoms with van der Waals surface area (Å²) >= 11 is 5.97. The van der Waals surface area contributed by atoms with Crippen LogP contribution in [0.1, 0.15) is 10.4 Å². The van der Waals surface area contributed by atoms with Crippen molar-refractivity contribution < 1.29 is 9.72 Å². The molecule has 0 aliphatic heterocycles.